The van der Waals surface area contributed by atoms with Crippen LogP contribution in [0.4, 0.5) is 0 Å². The fourth-order valence-electron chi connectivity index (χ4n) is 6.26. The summed E-state index contributed by atoms with van der Waals surface area (Å²) in [4.78, 5) is 12.1. The monoisotopic (exact) mass is 1020 g/mol. The minimum atomic E-state index is 0. The number of carbonyl (C=O) groups excluding carboxylic acids is 1. The van der Waals surface area contributed by atoms with Crippen molar-refractivity contribution in [3.05, 3.63) is 220 Å². The summed E-state index contributed by atoms with van der Waals surface area (Å²) in [5, 5.41) is 0.833. The van der Waals surface area contributed by atoms with Crippen molar-refractivity contribution in [2.45, 2.75) is 107 Å². The summed E-state index contributed by atoms with van der Waals surface area (Å²) in [5.74, 6) is 14.7. The number of benzene rings is 4. The molecule has 1 nitrogen and oxygen atoms in total. The Hall–Kier alpha value is -2.24. The molecule has 4 aromatic rings. The van der Waals surface area contributed by atoms with Gasteiger partial charge in [-0.25, -0.2) is 5.57 Å². The topological polar surface area (TPSA) is 17.1 Å². The van der Waals surface area contributed by atoms with Crippen LogP contribution in [0.1, 0.15) is 119 Å². The number of rotatable bonds is 6. The smallest absolute Gasteiger partial charge is 0.790 e. The Balaban J connectivity index is 0.000000978. The number of allylic oxidation sites excluding steroid dienone is 2. The Labute approximate surface area is 410 Å². The molecule has 0 spiro atoms. The van der Waals surface area contributed by atoms with Crippen molar-refractivity contribution < 1.29 is 43.8 Å². The van der Waals surface area contributed by atoms with Gasteiger partial charge in [0, 0.05) is 5.57 Å². The Kier molecular flexibility index (Phi) is 29.6. The zero-order valence-electron chi connectivity index (χ0n) is 38.6. The van der Waals surface area contributed by atoms with E-state index in [0.29, 0.717) is 16.1 Å². The van der Waals surface area contributed by atoms with Gasteiger partial charge >= 0.3 is 39.0 Å². The summed E-state index contributed by atoms with van der Waals surface area (Å²) in [6.07, 6.45) is 5.23. The van der Waals surface area contributed by atoms with Crippen molar-refractivity contribution in [3.63, 3.8) is 0 Å². The second-order valence-electron chi connectivity index (χ2n) is 15.3. The van der Waals surface area contributed by atoms with E-state index in [9.17, 15) is 4.79 Å². The Bertz CT molecular complexity index is 1640. The zero-order valence-corrected chi connectivity index (χ0v) is 43.7. The molecule has 61 heavy (non-hydrogen) atoms. The molecule has 0 amide bonds. The SMILES string of the molecule is CC(C)[S-].CC(C)[S-].C[C]1[C](C)[C](C)[C](C)[C]1C.C[C]1[C](C)[C](C)[C](C)[C]1C.O=[C-]C([C-]=C=C(c1ccccc1)c1ccccc1)=C(c1ccccc1)c1ccccc1.[Ru+3].[Ru+3]. The molecule has 0 heterocycles. The van der Waals surface area contributed by atoms with Crippen LogP contribution >= 0.6 is 0 Å². The molecule has 2 saturated carbocycles. The van der Waals surface area contributed by atoms with Gasteiger partial charge in [-0.05, 0) is 70.3 Å². The first-order valence-electron chi connectivity index (χ1n) is 20.4. The third-order valence-electron chi connectivity index (χ3n) is 10.5. The van der Waals surface area contributed by atoms with Crippen LogP contribution in [0.15, 0.2) is 133 Å². The zero-order chi connectivity index (χ0) is 44.2. The van der Waals surface area contributed by atoms with E-state index in [1.807, 2.05) is 149 Å². The average Bonchev–Trinajstić information content (AvgIpc) is 3.50. The van der Waals surface area contributed by atoms with Gasteiger partial charge in [0.25, 0.3) is 0 Å². The van der Waals surface area contributed by atoms with Gasteiger partial charge in [0.05, 0.1) is 0 Å². The molecule has 0 bridgehead atoms. The van der Waals surface area contributed by atoms with Gasteiger partial charge in [-0.1, -0.05) is 218 Å². The quantitative estimate of drug-likeness (QED) is 0.0478. The molecule has 0 unspecified atom stereocenters. The molecule has 2 aliphatic rings. The predicted molar refractivity (Wildman–Crippen MR) is 261 cm³/mol. The van der Waals surface area contributed by atoms with Crippen molar-refractivity contribution in [1.82, 2.24) is 0 Å². The molecule has 0 aromatic heterocycles. The van der Waals surface area contributed by atoms with Gasteiger partial charge in [0.1, 0.15) is 0 Å². The standard InChI is InChI=1S/C30H20O.2C10H15.2C3H8S.2Ru/c31-23-28(30(26-17-9-3-10-18-26)27-19-11-4-12-20-27)21-22-29(24-13-5-1-6-14-24)25-15-7-2-8-16-25;2*1-6-7(2)9(4)10(5)8(6)3;2*1-3(2)4;;/h1-20H;2*1-5H3;2*3-4H,1-2H3;;/q-2;;;;;2*+3/p-2. The Morgan fingerprint density at radius 3 is 0.803 bits per heavy atom. The van der Waals surface area contributed by atoms with Gasteiger partial charge in [-0.2, -0.15) is 10.5 Å². The summed E-state index contributed by atoms with van der Waals surface area (Å²) >= 11 is 9.24. The molecule has 0 atom stereocenters. The molecule has 2 aliphatic carbocycles. The van der Waals surface area contributed by atoms with E-state index in [4.69, 9.17) is 0 Å². The van der Waals surface area contributed by atoms with Crippen molar-refractivity contribution in [2.24, 2.45) is 0 Å². The largest absolute Gasteiger partial charge is 3.00 e. The van der Waals surface area contributed by atoms with E-state index in [2.05, 4.69) is 113 Å². The second-order valence-corrected chi connectivity index (χ2v) is 17.2. The molecular weight excluding hydrogens is 955 g/mol. The minimum Gasteiger partial charge on any atom is -0.790 e. The van der Waals surface area contributed by atoms with Crippen LogP contribution in [-0.4, -0.2) is 16.8 Å². The molecule has 12 radical (unpaired) electrons. The number of hydrogen-bond donors (Lipinski definition) is 0. The van der Waals surface area contributed by atoms with Gasteiger partial charge < -0.3 is 35.6 Å². The van der Waals surface area contributed by atoms with E-state index < -0.39 is 0 Å². The molecule has 0 saturated heterocycles. The minimum absolute atomic E-state index is 0. The van der Waals surface area contributed by atoms with Crippen molar-refractivity contribution >= 4 is 42.7 Å². The first-order valence-corrected chi connectivity index (χ1v) is 21.3. The fourth-order valence-corrected chi connectivity index (χ4v) is 6.26. The van der Waals surface area contributed by atoms with Crippen LogP contribution in [0.2, 0.25) is 0 Å². The van der Waals surface area contributed by atoms with E-state index in [1.54, 1.807) is 0 Å². The van der Waals surface area contributed by atoms with E-state index in [1.165, 1.54) is 59.2 Å². The first-order chi connectivity index (χ1) is 27.9. The molecular formula is C56H64ORu2S2+2. The Morgan fingerprint density at radius 1 is 0.410 bits per heavy atom. The summed E-state index contributed by atoms with van der Waals surface area (Å²) in [7, 11) is 0. The van der Waals surface area contributed by atoms with Gasteiger partial charge in [-0.3, -0.25) is 11.8 Å². The van der Waals surface area contributed by atoms with Crippen LogP contribution in [0.25, 0.3) is 11.1 Å². The maximum Gasteiger partial charge on any atom is 3.00 e. The van der Waals surface area contributed by atoms with E-state index >= 15 is 0 Å². The van der Waals surface area contributed by atoms with Gasteiger partial charge in [0.15, 0.2) is 0 Å². The van der Waals surface area contributed by atoms with Crippen LogP contribution in [0.5, 0.6) is 0 Å². The van der Waals surface area contributed by atoms with Gasteiger partial charge in [-0.15, -0.1) is 17.4 Å². The van der Waals surface area contributed by atoms with Crippen molar-refractivity contribution in [1.29, 1.82) is 0 Å². The first kappa shape index (κ1) is 58.8. The maximum absolute atomic E-state index is 12.1. The maximum atomic E-state index is 12.1. The average molecular weight is 1020 g/mol. The molecule has 5 heteroatoms. The third-order valence-corrected chi connectivity index (χ3v) is 10.5. The predicted octanol–water partition coefficient (Wildman–Crippen LogP) is 14.5. The molecule has 4 aromatic carbocycles. The molecule has 6 rings (SSSR count). The van der Waals surface area contributed by atoms with Crippen LogP contribution in [0, 0.1) is 65.3 Å². The van der Waals surface area contributed by atoms with Crippen LogP contribution in [-0.2, 0) is 69.0 Å². The summed E-state index contributed by atoms with van der Waals surface area (Å²) in [6, 6.07) is 39.7. The molecule has 2 fully saturated rings. The van der Waals surface area contributed by atoms with E-state index in [-0.39, 0.29) is 39.0 Å². The third kappa shape index (κ3) is 19.2. The van der Waals surface area contributed by atoms with Crippen LogP contribution in [0.3, 0.4) is 0 Å². The molecule has 0 N–H and O–H groups in total. The van der Waals surface area contributed by atoms with Crippen molar-refractivity contribution in [2.75, 3.05) is 0 Å². The summed E-state index contributed by atoms with van der Waals surface area (Å²) in [5.41, 5.74) is 9.14. The van der Waals surface area contributed by atoms with Gasteiger partial charge in [0.2, 0.25) is 0 Å². The Morgan fingerprint density at radius 2 is 0.607 bits per heavy atom. The molecule has 0 aliphatic heterocycles. The molecule has 320 valence electrons. The number of hydrogen-bond acceptors (Lipinski definition) is 3. The fraction of sp³-hybridized carbons (Fsp3) is 0.286. The van der Waals surface area contributed by atoms with Crippen molar-refractivity contribution in [3.8, 4) is 0 Å². The normalized spacial score (nSPS) is 15.6. The second kappa shape index (κ2) is 30.8. The van der Waals surface area contributed by atoms with Crippen LogP contribution < -0.4 is 0 Å². The summed E-state index contributed by atoms with van der Waals surface area (Å²) < 4.78 is 0. The van der Waals surface area contributed by atoms with E-state index in [0.717, 1.165) is 33.4 Å². The summed E-state index contributed by atoms with van der Waals surface area (Å²) in [6.45, 7) is 29.9.